The summed E-state index contributed by atoms with van der Waals surface area (Å²) in [6.07, 6.45) is 2.68. The molecule has 2 aliphatic rings. The topological polar surface area (TPSA) is 49.9 Å². The van der Waals surface area contributed by atoms with Crippen molar-refractivity contribution in [1.82, 2.24) is 9.80 Å². The average Bonchev–Trinajstić information content (AvgIpc) is 3.09. The molecule has 1 aromatic rings. The molecule has 0 aromatic carbocycles. The van der Waals surface area contributed by atoms with Crippen molar-refractivity contribution < 1.29 is 14.3 Å². The first-order chi connectivity index (χ1) is 12.0. The summed E-state index contributed by atoms with van der Waals surface area (Å²) < 4.78 is 5.72. The van der Waals surface area contributed by atoms with Crippen LogP contribution in [0.1, 0.15) is 48.2 Å². The number of thiophene rings is 1. The number of likely N-dealkylation sites (tertiary alicyclic amines) is 1. The molecular weight excluding hydrogens is 336 g/mol. The van der Waals surface area contributed by atoms with Crippen molar-refractivity contribution in [2.24, 2.45) is 5.92 Å². The normalized spacial score (nSPS) is 25.2. The lowest BCUT2D eigenvalue weighted by molar-refractivity contribution is -0.148. The van der Waals surface area contributed by atoms with Crippen LogP contribution >= 0.6 is 11.3 Å². The van der Waals surface area contributed by atoms with Gasteiger partial charge in [-0.25, -0.2) is 0 Å². The second-order valence-corrected chi connectivity index (χ2v) is 8.35. The second-order valence-electron chi connectivity index (χ2n) is 7.19. The number of amides is 2. The van der Waals surface area contributed by atoms with Crippen LogP contribution in [-0.4, -0.2) is 60.0 Å². The van der Waals surface area contributed by atoms with Crippen LogP contribution in [0.3, 0.4) is 0 Å². The second kappa shape index (κ2) is 7.87. The van der Waals surface area contributed by atoms with Gasteiger partial charge >= 0.3 is 0 Å². The van der Waals surface area contributed by atoms with Crippen LogP contribution in [0.4, 0.5) is 0 Å². The molecule has 0 radical (unpaired) electrons. The molecule has 2 saturated heterocycles. The molecule has 0 bridgehead atoms. The number of carbonyl (C=O) groups is 2. The maximum Gasteiger partial charge on any atom is 0.263 e. The number of rotatable bonds is 3. The van der Waals surface area contributed by atoms with Gasteiger partial charge in [-0.2, -0.15) is 0 Å². The van der Waals surface area contributed by atoms with Crippen molar-refractivity contribution >= 4 is 23.2 Å². The van der Waals surface area contributed by atoms with Gasteiger partial charge in [0.2, 0.25) is 5.91 Å². The Morgan fingerprint density at radius 2 is 1.76 bits per heavy atom. The van der Waals surface area contributed by atoms with Crippen molar-refractivity contribution in [3.8, 4) is 0 Å². The fourth-order valence-corrected chi connectivity index (χ4v) is 4.70. The summed E-state index contributed by atoms with van der Waals surface area (Å²) in [6.45, 7) is 8.83. The molecule has 3 rings (SSSR count). The molecule has 138 valence electrons. The molecule has 5 nitrogen and oxygen atoms in total. The Balaban J connectivity index is 1.54. The number of ether oxygens (including phenoxy) is 1. The van der Waals surface area contributed by atoms with E-state index in [1.807, 2.05) is 35.8 Å². The molecule has 2 aliphatic heterocycles. The zero-order chi connectivity index (χ0) is 18.0. The third-order valence-corrected chi connectivity index (χ3v) is 6.30. The molecule has 0 spiro atoms. The Morgan fingerprint density at radius 3 is 2.32 bits per heavy atom. The van der Waals surface area contributed by atoms with Crippen molar-refractivity contribution in [1.29, 1.82) is 0 Å². The number of carbonyl (C=O) groups excluding carboxylic acids is 2. The Kier molecular flexibility index (Phi) is 5.79. The Hall–Kier alpha value is -1.40. The lowest BCUT2D eigenvalue weighted by atomic mass is 9.94. The van der Waals surface area contributed by atoms with Crippen LogP contribution in [0.2, 0.25) is 0 Å². The molecule has 0 N–H and O–H groups in total. The summed E-state index contributed by atoms with van der Waals surface area (Å²) in [5.41, 5.74) is 0. The molecule has 2 fully saturated rings. The van der Waals surface area contributed by atoms with Gasteiger partial charge in [0, 0.05) is 37.0 Å². The van der Waals surface area contributed by atoms with Crippen LogP contribution in [-0.2, 0) is 16.0 Å². The van der Waals surface area contributed by atoms with Crippen molar-refractivity contribution in [2.75, 3.05) is 26.2 Å². The van der Waals surface area contributed by atoms with E-state index >= 15 is 0 Å². The molecule has 0 saturated carbocycles. The molecule has 0 aliphatic carbocycles. The average molecular weight is 365 g/mol. The lowest BCUT2D eigenvalue weighted by Crippen LogP contribution is -2.51. The van der Waals surface area contributed by atoms with E-state index in [0.29, 0.717) is 26.2 Å². The standard InChI is InChI=1S/C19H28N2O3S/c1-4-16-5-6-17(25-16)19(23)20-9-7-15(8-10-20)18(22)21-11-13(2)24-14(3)12-21/h5-6,13-15H,4,7-12H2,1-3H3/t13-,14-/m0/s1. The first-order valence-corrected chi connectivity index (χ1v) is 10.1. The maximum absolute atomic E-state index is 12.8. The van der Waals surface area contributed by atoms with Crippen LogP contribution in [0.15, 0.2) is 12.1 Å². The van der Waals surface area contributed by atoms with Gasteiger partial charge in [0.15, 0.2) is 0 Å². The SMILES string of the molecule is CCc1ccc(C(=O)N2CCC(C(=O)N3C[C@H](C)O[C@@H](C)C3)CC2)s1. The van der Waals surface area contributed by atoms with E-state index in [0.717, 1.165) is 24.1 Å². The first-order valence-electron chi connectivity index (χ1n) is 9.30. The van der Waals surface area contributed by atoms with Crippen molar-refractivity contribution in [3.05, 3.63) is 21.9 Å². The highest BCUT2D eigenvalue weighted by molar-refractivity contribution is 7.14. The summed E-state index contributed by atoms with van der Waals surface area (Å²) in [7, 11) is 0. The van der Waals surface area contributed by atoms with Crippen LogP contribution in [0.25, 0.3) is 0 Å². The van der Waals surface area contributed by atoms with Gasteiger partial charge in [-0.1, -0.05) is 6.92 Å². The summed E-state index contributed by atoms with van der Waals surface area (Å²) >= 11 is 1.58. The fourth-order valence-electron chi connectivity index (χ4n) is 3.78. The van der Waals surface area contributed by atoms with E-state index in [4.69, 9.17) is 4.74 Å². The van der Waals surface area contributed by atoms with E-state index in [1.54, 1.807) is 11.3 Å². The summed E-state index contributed by atoms with van der Waals surface area (Å²) in [5.74, 6) is 0.388. The third-order valence-electron chi connectivity index (χ3n) is 5.08. The molecule has 25 heavy (non-hydrogen) atoms. The Morgan fingerprint density at radius 1 is 1.12 bits per heavy atom. The number of aryl methyl sites for hydroxylation is 1. The molecule has 1 aromatic heterocycles. The maximum atomic E-state index is 12.8. The van der Waals surface area contributed by atoms with Gasteiger partial charge in [0.25, 0.3) is 5.91 Å². The minimum absolute atomic E-state index is 0.0380. The lowest BCUT2D eigenvalue weighted by Gasteiger charge is -2.39. The molecule has 0 unspecified atom stereocenters. The molecular formula is C19H28N2O3S. The molecule has 3 heterocycles. The monoisotopic (exact) mass is 364 g/mol. The predicted molar refractivity (Wildman–Crippen MR) is 98.9 cm³/mol. The number of piperidine rings is 1. The van der Waals surface area contributed by atoms with Crippen LogP contribution in [0, 0.1) is 5.92 Å². The zero-order valence-corrected chi connectivity index (χ0v) is 16.2. The summed E-state index contributed by atoms with van der Waals surface area (Å²) in [6, 6.07) is 3.97. The van der Waals surface area contributed by atoms with E-state index in [2.05, 4.69) is 6.92 Å². The highest BCUT2D eigenvalue weighted by Gasteiger charge is 2.33. The summed E-state index contributed by atoms with van der Waals surface area (Å²) in [4.78, 5) is 31.3. The number of nitrogens with zero attached hydrogens (tertiary/aromatic N) is 2. The van der Waals surface area contributed by atoms with E-state index < -0.39 is 0 Å². The van der Waals surface area contributed by atoms with E-state index in [9.17, 15) is 9.59 Å². The van der Waals surface area contributed by atoms with Gasteiger partial charge in [-0.15, -0.1) is 11.3 Å². The minimum Gasteiger partial charge on any atom is -0.372 e. The first kappa shape index (κ1) is 18.4. The highest BCUT2D eigenvalue weighted by Crippen LogP contribution is 2.25. The Bertz CT molecular complexity index is 612. The quantitative estimate of drug-likeness (QED) is 0.829. The van der Waals surface area contributed by atoms with Gasteiger partial charge in [-0.05, 0) is 45.2 Å². The van der Waals surface area contributed by atoms with Crippen LogP contribution < -0.4 is 0 Å². The van der Waals surface area contributed by atoms with Gasteiger partial charge in [0.1, 0.15) is 0 Å². The number of morpholine rings is 1. The highest BCUT2D eigenvalue weighted by atomic mass is 32.1. The third kappa shape index (κ3) is 4.23. The van der Waals surface area contributed by atoms with Crippen molar-refractivity contribution in [2.45, 2.75) is 52.2 Å². The van der Waals surface area contributed by atoms with Gasteiger partial charge in [0.05, 0.1) is 17.1 Å². The fraction of sp³-hybridized carbons (Fsp3) is 0.684. The number of hydrogen-bond acceptors (Lipinski definition) is 4. The molecule has 2 atom stereocenters. The Labute approximate surface area is 153 Å². The summed E-state index contributed by atoms with van der Waals surface area (Å²) in [5, 5.41) is 0. The zero-order valence-electron chi connectivity index (χ0n) is 15.4. The molecule has 6 heteroatoms. The van der Waals surface area contributed by atoms with Gasteiger partial charge < -0.3 is 14.5 Å². The minimum atomic E-state index is 0.0380. The smallest absolute Gasteiger partial charge is 0.263 e. The largest absolute Gasteiger partial charge is 0.372 e. The van der Waals surface area contributed by atoms with Gasteiger partial charge in [-0.3, -0.25) is 9.59 Å². The number of hydrogen-bond donors (Lipinski definition) is 0. The van der Waals surface area contributed by atoms with E-state index in [-0.39, 0.29) is 29.9 Å². The van der Waals surface area contributed by atoms with Crippen molar-refractivity contribution in [3.63, 3.8) is 0 Å². The predicted octanol–water partition coefficient (Wildman–Crippen LogP) is 2.80. The van der Waals surface area contributed by atoms with Crippen LogP contribution in [0.5, 0.6) is 0 Å². The molecule has 2 amide bonds. The van der Waals surface area contributed by atoms with E-state index in [1.165, 1.54) is 4.88 Å².